The van der Waals surface area contributed by atoms with Crippen molar-refractivity contribution in [2.24, 2.45) is 5.10 Å². The second-order valence-electron chi connectivity index (χ2n) is 6.99. The number of hydrogen-bond acceptors (Lipinski definition) is 5. The van der Waals surface area contributed by atoms with E-state index in [0.29, 0.717) is 5.56 Å². The number of aromatic nitrogens is 1. The highest BCUT2D eigenvalue weighted by Gasteiger charge is 2.25. The van der Waals surface area contributed by atoms with E-state index in [4.69, 9.17) is 4.74 Å². The molecule has 6 heteroatoms. The first-order valence-electron chi connectivity index (χ1n) is 9.86. The summed E-state index contributed by atoms with van der Waals surface area (Å²) in [7, 11) is 0. The Balaban J connectivity index is 1.56. The van der Waals surface area contributed by atoms with Gasteiger partial charge in [-0.1, -0.05) is 30.3 Å². The van der Waals surface area contributed by atoms with Crippen LogP contribution in [0.5, 0.6) is 0 Å². The van der Waals surface area contributed by atoms with Crippen LogP contribution in [0.25, 0.3) is 6.08 Å². The van der Waals surface area contributed by atoms with Crippen molar-refractivity contribution < 1.29 is 9.53 Å². The number of amides is 1. The second-order valence-corrected chi connectivity index (χ2v) is 6.99. The minimum absolute atomic E-state index is 0.241. The highest BCUT2D eigenvalue weighted by Crippen LogP contribution is 2.34. The number of allylic oxidation sites excluding steroid dienone is 2. The molecule has 0 saturated carbocycles. The number of pyridine rings is 1. The van der Waals surface area contributed by atoms with E-state index in [-0.39, 0.29) is 5.91 Å². The highest BCUT2D eigenvalue weighted by molar-refractivity contribution is 5.94. The number of nitrogens with zero attached hydrogens (tertiary/aromatic N) is 3. The van der Waals surface area contributed by atoms with Gasteiger partial charge in [0.2, 0.25) is 0 Å². The van der Waals surface area contributed by atoms with Gasteiger partial charge in [-0.25, -0.2) is 5.43 Å². The van der Waals surface area contributed by atoms with Crippen LogP contribution < -0.4 is 5.43 Å². The van der Waals surface area contributed by atoms with Crippen molar-refractivity contribution in [2.45, 2.75) is 12.8 Å². The molecule has 0 unspecified atom stereocenters. The third kappa shape index (κ3) is 4.78. The molecule has 1 aromatic heterocycles. The second kappa shape index (κ2) is 9.30. The number of hydrogen-bond donors (Lipinski definition) is 1. The van der Waals surface area contributed by atoms with Crippen molar-refractivity contribution in [3.63, 3.8) is 0 Å². The van der Waals surface area contributed by atoms with Crippen LogP contribution in [-0.4, -0.2) is 48.3 Å². The van der Waals surface area contributed by atoms with E-state index in [9.17, 15) is 4.79 Å². The lowest BCUT2D eigenvalue weighted by atomic mass is 10.1. The van der Waals surface area contributed by atoms with Gasteiger partial charge in [-0.2, -0.15) is 5.10 Å². The molecule has 6 nitrogen and oxygen atoms in total. The first kappa shape index (κ1) is 19.1. The van der Waals surface area contributed by atoms with Gasteiger partial charge in [-0.15, -0.1) is 0 Å². The molecule has 0 spiro atoms. The number of carbonyl (C=O) groups excluding carboxylic acids is 1. The molecule has 1 saturated heterocycles. The first-order chi connectivity index (χ1) is 14.3. The van der Waals surface area contributed by atoms with Crippen LogP contribution in [0, 0.1) is 0 Å². The predicted octanol–water partition coefficient (Wildman–Crippen LogP) is 3.26. The van der Waals surface area contributed by atoms with Crippen LogP contribution in [0.4, 0.5) is 0 Å². The summed E-state index contributed by atoms with van der Waals surface area (Å²) < 4.78 is 5.53. The Kier molecular flexibility index (Phi) is 6.12. The summed E-state index contributed by atoms with van der Waals surface area (Å²) in [5.41, 5.74) is 8.02. The monoisotopic (exact) mass is 388 g/mol. The molecule has 0 radical (unpaired) electrons. The van der Waals surface area contributed by atoms with Gasteiger partial charge in [0.05, 0.1) is 19.4 Å². The Hall–Kier alpha value is -3.25. The average Bonchev–Trinajstić information content (AvgIpc) is 3.18. The Morgan fingerprint density at radius 3 is 2.59 bits per heavy atom. The molecule has 0 atom stereocenters. The summed E-state index contributed by atoms with van der Waals surface area (Å²) in [6.07, 6.45) is 9.09. The molecule has 1 amide bonds. The lowest BCUT2D eigenvalue weighted by molar-refractivity contribution is 0.0548. The average molecular weight is 388 g/mol. The van der Waals surface area contributed by atoms with Gasteiger partial charge in [0.1, 0.15) is 0 Å². The maximum absolute atomic E-state index is 12.2. The summed E-state index contributed by atoms with van der Waals surface area (Å²) in [6.45, 7) is 3.18. The van der Waals surface area contributed by atoms with E-state index >= 15 is 0 Å². The lowest BCUT2D eigenvalue weighted by Crippen LogP contribution is -2.36. The molecular formula is C23H24N4O2. The van der Waals surface area contributed by atoms with Gasteiger partial charge in [-0.3, -0.25) is 9.78 Å². The summed E-state index contributed by atoms with van der Waals surface area (Å²) in [6, 6.07) is 13.7. The molecule has 1 N–H and O–H groups in total. The fraction of sp³-hybridized carbons (Fsp3) is 0.261. The summed E-state index contributed by atoms with van der Waals surface area (Å²) in [4.78, 5) is 18.5. The number of morpholine rings is 1. The van der Waals surface area contributed by atoms with E-state index in [0.717, 1.165) is 44.7 Å². The molecule has 4 rings (SSSR count). The molecule has 148 valence electrons. The molecule has 2 aliphatic rings. The quantitative estimate of drug-likeness (QED) is 0.631. The standard InChI is InChI=1S/C23H24N4O2/c28-23(19-8-10-24-11-9-19)26-25-17-21-7-6-20(16-18-4-2-1-3-5-18)22(21)27-12-14-29-15-13-27/h1-5,8-11,16-17H,6-7,12-15H2,(H,26,28)/b20-16-,25-17-. The van der Waals surface area contributed by atoms with Gasteiger partial charge in [-0.05, 0) is 47.8 Å². The van der Waals surface area contributed by atoms with Crippen LogP contribution in [0.3, 0.4) is 0 Å². The fourth-order valence-electron chi connectivity index (χ4n) is 3.66. The minimum Gasteiger partial charge on any atom is -0.378 e. The van der Waals surface area contributed by atoms with Gasteiger partial charge < -0.3 is 9.64 Å². The highest BCUT2D eigenvalue weighted by atomic mass is 16.5. The van der Waals surface area contributed by atoms with Gasteiger partial charge in [0, 0.05) is 36.7 Å². The third-order valence-corrected chi connectivity index (χ3v) is 5.07. The molecule has 1 aliphatic heterocycles. The van der Waals surface area contributed by atoms with Crippen molar-refractivity contribution in [1.29, 1.82) is 0 Å². The zero-order chi connectivity index (χ0) is 19.9. The van der Waals surface area contributed by atoms with Crippen molar-refractivity contribution in [3.05, 3.63) is 82.8 Å². The molecule has 29 heavy (non-hydrogen) atoms. The van der Waals surface area contributed by atoms with Crippen LogP contribution in [0.2, 0.25) is 0 Å². The summed E-state index contributed by atoms with van der Waals surface area (Å²) in [5, 5.41) is 4.23. The third-order valence-electron chi connectivity index (χ3n) is 5.07. The van der Waals surface area contributed by atoms with Crippen molar-refractivity contribution in [1.82, 2.24) is 15.3 Å². The fourth-order valence-corrected chi connectivity index (χ4v) is 3.66. The normalized spacial score (nSPS) is 18.6. The first-order valence-corrected chi connectivity index (χ1v) is 9.86. The van der Waals surface area contributed by atoms with E-state index in [2.05, 4.69) is 50.8 Å². The van der Waals surface area contributed by atoms with Crippen molar-refractivity contribution >= 4 is 18.2 Å². The molecule has 2 heterocycles. The zero-order valence-electron chi connectivity index (χ0n) is 16.3. The molecule has 1 fully saturated rings. The molecular weight excluding hydrogens is 364 g/mol. The van der Waals surface area contributed by atoms with E-state index in [1.165, 1.54) is 16.8 Å². The van der Waals surface area contributed by atoms with E-state index in [1.807, 2.05) is 6.07 Å². The van der Waals surface area contributed by atoms with E-state index in [1.54, 1.807) is 30.7 Å². The van der Waals surface area contributed by atoms with E-state index < -0.39 is 0 Å². The van der Waals surface area contributed by atoms with Gasteiger partial charge in [0.15, 0.2) is 0 Å². The largest absolute Gasteiger partial charge is 0.378 e. The van der Waals surface area contributed by atoms with Crippen LogP contribution in [0.1, 0.15) is 28.8 Å². The smallest absolute Gasteiger partial charge is 0.271 e. The number of ether oxygens (including phenoxy) is 1. The summed E-state index contributed by atoms with van der Waals surface area (Å²) >= 11 is 0. The topological polar surface area (TPSA) is 66.8 Å². The number of hydrazone groups is 1. The lowest BCUT2D eigenvalue weighted by Gasteiger charge is -2.31. The Bertz CT molecular complexity index is 930. The summed E-state index contributed by atoms with van der Waals surface area (Å²) in [5.74, 6) is -0.241. The van der Waals surface area contributed by atoms with Crippen molar-refractivity contribution in [3.8, 4) is 0 Å². The zero-order valence-corrected chi connectivity index (χ0v) is 16.3. The number of rotatable bonds is 5. The minimum atomic E-state index is -0.241. The maximum atomic E-state index is 12.2. The molecule has 2 aromatic rings. The molecule has 1 aliphatic carbocycles. The van der Waals surface area contributed by atoms with Crippen molar-refractivity contribution in [2.75, 3.05) is 26.3 Å². The Labute approximate surface area is 170 Å². The van der Waals surface area contributed by atoms with Crippen LogP contribution in [-0.2, 0) is 4.74 Å². The predicted molar refractivity (Wildman–Crippen MR) is 113 cm³/mol. The number of nitrogens with one attached hydrogen (secondary N) is 1. The molecule has 1 aromatic carbocycles. The maximum Gasteiger partial charge on any atom is 0.271 e. The number of carbonyl (C=O) groups is 1. The Morgan fingerprint density at radius 1 is 1.07 bits per heavy atom. The number of benzene rings is 1. The van der Waals surface area contributed by atoms with Gasteiger partial charge in [0.25, 0.3) is 5.91 Å². The Morgan fingerprint density at radius 2 is 1.83 bits per heavy atom. The van der Waals surface area contributed by atoms with Crippen LogP contribution in [0.15, 0.2) is 76.8 Å². The van der Waals surface area contributed by atoms with Crippen LogP contribution >= 0.6 is 0 Å². The molecule has 0 bridgehead atoms. The van der Waals surface area contributed by atoms with Gasteiger partial charge >= 0.3 is 0 Å². The SMILES string of the molecule is O=C(N/N=C\C1=C(N2CCOCC2)C(=C\c2ccccc2)/CC1)c1ccncc1.